The molecule has 6 heteroatoms. The number of carbonyl (C=O) groups is 1. The zero-order valence-electron chi connectivity index (χ0n) is 8.41. The van der Waals surface area contributed by atoms with Gasteiger partial charge in [0.25, 0.3) is 0 Å². The zero-order valence-corrected chi connectivity index (χ0v) is 8.41. The van der Waals surface area contributed by atoms with Gasteiger partial charge in [0, 0.05) is 6.42 Å². The summed E-state index contributed by atoms with van der Waals surface area (Å²) in [6, 6.07) is 0. The lowest BCUT2D eigenvalue weighted by atomic mass is 9.93. The molecule has 0 spiro atoms. The van der Waals surface area contributed by atoms with Crippen LogP contribution in [0.4, 0.5) is 0 Å². The Morgan fingerprint density at radius 3 is 2.13 bits per heavy atom. The summed E-state index contributed by atoms with van der Waals surface area (Å²) in [6.07, 6.45) is -5.95. The molecule has 88 valence electrons. The summed E-state index contributed by atoms with van der Waals surface area (Å²) in [7, 11) is 0. The van der Waals surface area contributed by atoms with Gasteiger partial charge in [0.05, 0.1) is 12.7 Å². The Balaban J connectivity index is 2.69. The first-order valence-electron chi connectivity index (χ1n) is 4.77. The van der Waals surface area contributed by atoms with E-state index in [4.69, 9.17) is 9.84 Å². The van der Waals surface area contributed by atoms with Gasteiger partial charge in [-0.1, -0.05) is 0 Å². The molecule has 0 radical (unpaired) electrons. The quantitative estimate of drug-likeness (QED) is 0.430. The number of ether oxygens (including phenoxy) is 1. The zero-order chi connectivity index (χ0) is 11.6. The second-order valence-electron chi connectivity index (χ2n) is 3.77. The summed E-state index contributed by atoms with van der Waals surface area (Å²) >= 11 is 0. The maximum absolute atomic E-state index is 10.8. The van der Waals surface area contributed by atoms with Crippen molar-refractivity contribution in [2.45, 2.75) is 43.9 Å². The van der Waals surface area contributed by atoms with Crippen LogP contribution in [0.3, 0.4) is 0 Å². The standard InChI is InChI=1S/C9H16O6/c1-4(11)2-5-7(12)9(14)8(13)6(3-10)15-5/h5-10,12-14H,2-3H2,1H3/t5?,6?,7?,8-,9?/m0/s1. The van der Waals surface area contributed by atoms with Crippen LogP contribution in [0.5, 0.6) is 0 Å². The second kappa shape index (κ2) is 5.00. The maximum atomic E-state index is 10.8. The third-order valence-electron chi connectivity index (χ3n) is 2.48. The van der Waals surface area contributed by atoms with Crippen molar-refractivity contribution in [1.29, 1.82) is 0 Å². The van der Waals surface area contributed by atoms with E-state index in [9.17, 15) is 20.1 Å². The molecule has 1 aliphatic rings. The summed E-state index contributed by atoms with van der Waals surface area (Å²) < 4.78 is 5.11. The number of hydrogen-bond acceptors (Lipinski definition) is 6. The average molecular weight is 220 g/mol. The van der Waals surface area contributed by atoms with Crippen molar-refractivity contribution >= 4 is 5.78 Å². The van der Waals surface area contributed by atoms with E-state index in [1.165, 1.54) is 6.92 Å². The summed E-state index contributed by atoms with van der Waals surface area (Å²) in [5.74, 6) is -0.195. The van der Waals surface area contributed by atoms with E-state index in [1.54, 1.807) is 0 Å². The lowest BCUT2D eigenvalue weighted by molar-refractivity contribution is -0.229. The Hall–Kier alpha value is -0.530. The van der Waals surface area contributed by atoms with Gasteiger partial charge in [-0.2, -0.15) is 0 Å². The van der Waals surface area contributed by atoms with Crippen molar-refractivity contribution in [3.63, 3.8) is 0 Å². The molecule has 0 amide bonds. The number of rotatable bonds is 3. The largest absolute Gasteiger partial charge is 0.394 e. The van der Waals surface area contributed by atoms with Crippen LogP contribution in [0.15, 0.2) is 0 Å². The van der Waals surface area contributed by atoms with Crippen LogP contribution in [0.1, 0.15) is 13.3 Å². The van der Waals surface area contributed by atoms with Crippen LogP contribution in [0, 0.1) is 0 Å². The predicted octanol–water partition coefficient (Wildman–Crippen LogP) is -2.19. The molecule has 0 aliphatic carbocycles. The number of Topliss-reactive ketones (excluding diaryl/α,β-unsaturated/α-hetero) is 1. The van der Waals surface area contributed by atoms with Crippen LogP contribution in [-0.2, 0) is 9.53 Å². The van der Waals surface area contributed by atoms with Gasteiger partial charge >= 0.3 is 0 Å². The smallest absolute Gasteiger partial charge is 0.132 e. The highest BCUT2D eigenvalue weighted by Gasteiger charge is 2.43. The molecule has 15 heavy (non-hydrogen) atoms. The highest BCUT2D eigenvalue weighted by Crippen LogP contribution is 2.23. The molecule has 5 atom stereocenters. The molecule has 1 fully saturated rings. The van der Waals surface area contributed by atoms with Crippen molar-refractivity contribution < 1.29 is 30.0 Å². The average Bonchev–Trinajstić information content (AvgIpc) is 2.18. The predicted molar refractivity (Wildman–Crippen MR) is 49.1 cm³/mol. The van der Waals surface area contributed by atoms with Crippen molar-refractivity contribution in [3.05, 3.63) is 0 Å². The molecule has 0 aromatic heterocycles. The van der Waals surface area contributed by atoms with Gasteiger partial charge in [-0.3, -0.25) is 4.79 Å². The van der Waals surface area contributed by atoms with Crippen LogP contribution < -0.4 is 0 Å². The van der Waals surface area contributed by atoms with Gasteiger partial charge in [0.15, 0.2) is 0 Å². The number of hydrogen-bond donors (Lipinski definition) is 4. The summed E-state index contributed by atoms with van der Waals surface area (Å²) in [5, 5.41) is 37.2. The number of ketones is 1. The molecule has 6 nitrogen and oxygen atoms in total. The minimum atomic E-state index is -1.40. The van der Waals surface area contributed by atoms with E-state index in [0.717, 1.165) is 0 Å². The van der Waals surface area contributed by atoms with Crippen molar-refractivity contribution in [3.8, 4) is 0 Å². The molecular formula is C9H16O6. The Bertz CT molecular complexity index is 229. The molecule has 1 aliphatic heterocycles. The highest BCUT2D eigenvalue weighted by atomic mass is 16.5. The fraction of sp³-hybridized carbons (Fsp3) is 0.889. The van der Waals surface area contributed by atoms with Crippen LogP contribution in [0.2, 0.25) is 0 Å². The molecule has 4 N–H and O–H groups in total. The molecule has 0 aromatic carbocycles. The molecule has 1 rings (SSSR count). The van der Waals surface area contributed by atoms with E-state index in [1.807, 2.05) is 0 Å². The minimum absolute atomic E-state index is 0.0541. The molecule has 1 saturated heterocycles. The Labute approximate surface area is 87.1 Å². The fourth-order valence-electron chi connectivity index (χ4n) is 1.63. The summed E-state index contributed by atoms with van der Waals surface area (Å²) in [5.41, 5.74) is 0. The Morgan fingerprint density at radius 1 is 1.13 bits per heavy atom. The van der Waals surface area contributed by atoms with Crippen molar-refractivity contribution in [2.75, 3.05) is 6.61 Å². The van der Waals surface area contributed by atoms with E-state index in [-0.39, 0.29) is 12.2 Å². The van der Waals surface area contributed by atoms with Crippen LogP contribution >= 0.6 is 0 Å². The molecule has 0 aromatic rings. The SMILES string of the molecule is CC(=O)CC1OC(CO)[C@H](O)C(O)C1O. The second-order valence-corrected chi connectivity index (χ2v) is 3.77. The summed E-state index contributed by atoms with van der Waals surface area (Å²) in [6.45, 7) is 0.862. The minimum Gasteiger partial charge on any atom is -0.394 e. The van der Waals surface area contributed by atoms with Gasteiger partial charge in [0.2, 0.25) is 0 Å². The van der Waals surface area contributed by atoms with E-state index >= 15 is 0 Å². The summed E-state index contributed by atoms with van der Waals surface area (Å²) in [4.78, 5) is 10.8. The first-order chi connectivity index (χ1) is 6.97. The van der Waals surface area contributed by atoms with E-state index in [0.29, 0.717) is 0 Å². The Kier molecular flexibility index (Phi) is 4.18. The lowest BCUT2D eigenvalue weighted by Crippen LogP contribution is -2.58. The van der Waals surface area contributed by atoms with Gasteiger partial charge in [-0.15, -0.1) is 0 Å². The number of carbonyl (C=O) groups excluding carboxylic acids is 1. The normalized spacial score (nSPS) is 41.5. The number of aliphatic hydroxyl groups is 4. The van der Waals surface area contributed by atoms with Gasteiger partial charge in [-0.25, -0.2) is 0 Å². The fourth-order valence-corrected chi connectivity index (χ4v) is 1.63. The molecule has 0 saturated carbocycles. The Morgan fingerprint density at radius 2 is 1.67 bits per heavy atom. The lowest BCUT2D eigenvalue weighted by Gasteiger charge is -2.39. The third kappa shape index (κ3) is 2.73. The van der Waals surface area contributed by atoms with Crippen molar-refractivity contribution in [2.24, 2.45) is 0 Å². The molecule has 0 bridgehead atoms. The third-order valence-corrected chi connectivity index (χ3v) is 2.48. The molecule has 1 heterocycles. The maximum Gasteiger partial charge on any atom is 0.132 e. The monoisotopic (exact) mass is 220 g/mol. The topological polar surface area (TPSA) is 107 Å². The van der Waals surface area contributed by atoms with Gasteiger partial charge in [-0.05, 0) is 6.92 Å². The van der Waals surface area contributed by atoms with Gasteiger partial charge in [0.1, 0.15) is 30.2 Å². The van der Waals surface area contributed by atoms with Gasteiger partial charge < -0.3 is 25.2 Å². The highest BCUT2D eigenvalue weighted by molar-refractivity contribution is 5.76. The van der Waals surface area contributed by atoms with E-state index in [2.05, 4.69) is 0 Å². The first kappa shape index (κ1) is 12.5. The van der Waals surface area contributed by atoms with Crippen LogP contribution in [0.25, 0.3) is 0 Å². The van der Waals surface area contributed by atoms with Crippen molar-refractivity contribution in [1.82, 2.24) is 0 Å². The first-order valence-corrected chi connectivity index (χ1v) is 4.77. The van der Waals surface area contributed by atoms with E-state index < -0.39 is 37.1 Å². The number of aliphatic hydroxyl groups excluding tert-OH is 4. The molecule has 4 unspecified atom stereocenters. The van der Waals surface area contributed by atoms with Crippen LogP contribution in [-0.4, -0.2) is 63.3 Å². The molecular weight excluding hydrogens is 204 g/mol.